The topological polar surface area (TPSA) is 0 Å². The summed E-state index contributed by atoms with van der Waals surface area (Å²) in [6, 6.07) is 0. The fourth-order valence-corrected chi connectivity index (χ4v) is 1.23. The average molecular weight is 186 g/mol. The van der Waals surface area contributed by atoms with E-state index < -0.39 is 0 Å². The molecule has 1 aliphatic carbocycles. The van der Waals surface area contributed by atoms with Crippen molar-refractivity contribution in [1.29, 1.82) is 0 Å². The maximum absolute atomic E-state index is 2.26. The van der Waals surface area contributed by atoms with Gasteiger partial charge in [0.1, 0.15) is 0 Å². The van der Waals surface area contributed by atoms with E-state index in [1.807, 2.05) is 0 Å². The Labute approximate surface area is 77.3 Å². The van der Waals surface area contributed by atoms with Gasteiger partial charge in [-0.2, -0.15) is 19.3 Å². The van der Waals surface area contributed by atoms with Crippen molar-refractivity contribution in [2.75, 3.05) is 0 Å². The fraction of sp³-hybridized carbons (Fsp3) is 0.857. The second-order valence-electron chi connectivity index (χ2n) is 2.31. The summed E-state index contributed by atoms with van der Waals surface area (Å²) in [5, 5.41) is 0. The van der Waals surface area contributed by atoms with Gasteiger partial charge in [0.15, 0.2) is 0 Å². The number of rotatable bonds is 1. The minimum Gasteiger partial charge on any atom is -0.314 e. The molecule has 0 aromatic carbocycles. The molecule has 1 saturated carbocycles. The van der Waals surface area contributed by atoms with Crippen molar-refractivity contribution in [2.45, 2.75) is 39.0 Å². The van der Waals surface area contributed by atoms with Gasteiger partial charge in [-0.25, -0.2) is 0 Å². The Bertz CT molecular complexity index is 46.3. The summed E-state index contributed by atoms with van der Waals surface area (Å²) in [5.74, 6) is 1.79. The summed E-state index contributed by atoms with van der Waals surface area (Å²) in [7, 11) is 0. The second-order valence-corrected chi connectivity index (χ2v) is 2.31. The Balaban J connectivity index is 0.000000490. The van der Waals surface area contributed by atoms with Crippen molar-refractivity contribution < 1.29 is 32.7 Å². The van der Waals surface area contributed by atoms with Gasteiger partial charge < -0.3 is 5.92 Å². The predicted molar refractivity (Wildman–Crippen MR) is 32.0 cm³/mol. The first-order valence-electron chi connectivity index (χ1n) is 3.27. The Morgan fingerprint density at radius 3 is 2.00 bits per heavy atom. The van der Waals surface area contributed by atoms with Crippen molar-refractivity contribution in [3.8, 4) is 0 Å². The Kier molecular flexibility index (Phi) is 5.62. The molecule has 0 heterocycles. The van der Waals surface area contributed by atoms with Crippen molar-refractivity contribution >= 4 is 0 Å². The molecule has 0 aliphatic heterocycles. The van der Waals surface area contributed by atoms with E-state index >= 15 is 0 Å². The minimum absolute atomic E-state index is 0. The van der Waals surface area contributed by atoms with Crippen LogP contribution in [0, 0.1) is 5.92 Å². The Morgan fingerprint density at radius 2 is 1.75 bits per heavy atom. The van der Waals surface area contributed by atoms with Crippen molar-refractivity contribution in [3.05, 3.63) is 5.92 Å². The summed E-state index contributed by atoms with van der Waals surface area (Å²) >= 11 is 0. The third-order valence-corrected chi connectivity index (χ3v) is 1.81. The van der Waals surface area contributed by atoms with Gasteiger partial charge in [0.25, 0.3) is 0 Å². The molecule has 45 valence electrons. The van der Waals surface area contributed by atoms with Crippen molar-refractivity contribution in [3.63, 3.8) is 0 Å². The first-order valence-corrected chi connectivity index (χ1v) is 3.27. The van der Waals surface area contributed by atoms with Crippen LogP contribution in [0.1, 0.15) is 39.0 Å². The molecule has 0 nitrogen and oxygen atoms in total. The van der Waals surface area contributed by atoms with E-state index in [1.165, 1.54) is 32.1 Å². The zero-order valence-corrected chi connectivity index (χ0v) is 8.45. The van der Waals surface area contributed by atoms with Gasteiger partial charge in [-0.15, -0.1) is 0 Å². The molecule has 1 radical (unpaired) electrons. The molecular weight excluding hydrogens is 173 g/mol. The molecule has 0 spiro atoms. The van der Waals surface area contributed by atoms with Crippen LogP contribution < -0.4 is 0 Å². The van der Waals surface area contributed by atoms with E-state index in [4.69, 9.17) is 0 Å². The second kappa shape index (κ2) is 4.93. The van der Waals surface area contributed by atoms with Crippen LogP contribution in [0.25, 0.3) is 0 Å². The fourth-order valence-electron chi connectivity index (χ4n) is 1.23. The van der Waals surface area contributed by atoms with Crippen LogP contribution in [-0.4, -0.2) is 0 Å². The third kappa shape index (κ3) is 2.59. The monoisotopic (exact) mass is 186 g/mol. The zero-order valence-electron chi connectivity index (χ0n) is 5.61. The molecule has 1 rings (SSSR count). The average Bonchev–Trinajstić information content (AvgIpc) is 2.14. The molecule has 0 unspecified atom stereocenters. The maximum Gasteiger partial charge on any atom is 0 e. The van der Waals surface area contributed by atoms with Crippen LogP contribution in [0.15, 0.2) is 0 Å². The smallest absolute Gasteiger partial charge is 0 e. The van der Waals surface area contributed by atoms with Gasteiger partial charge in [0, 0.05) is 32.7 Å². The van der Waals surface area contributed by atoms with E-state index in [0.29, 0.717) is 0 Å². The quantitative estimate of drug-likeness (QED) is 0.552. The summed E-state index contributed by atoms with van der Waals surface area (Å²) in [4.78, 5) is 0. The first-order chi connectivity index (χ1) is 3.43. The SMILES string of the molecule is CC[C-]1CCCC1.[Y]. The Hall–Kier alpha value is 1.10. The zero-order chi connectivity index (χ0) is 5.11. The van der Waals surface area contributed by atoms with Crippen molar-refractivity contribution in [1.82, 2.24) is 0 Å². The molecule has 0 amide bonds. The first kappa shape index (κ1) is 9.10. The molecular formula is C7H13Y-. The van der Waals surface area contributed by atoms with Crippen LogP contribution in [0.4, 0.5) is 0 Å². The van der Waals surface area contributed by atoms with Crippen LogP contribution in [0.2, 0.25) is 0 Å². The van der Waals surface area contributed by atoms with Crippen LogP contribution >= 0.6 is 0 Å². The Morgan fingerprint density at radius 1 is 1.25 bits per heavy atom. The van der Waals surface area contributed by atoms with E-state index in [0.717, 1.165) is 0 Å². The van der Waals surface area contributed by atoms with Crippen LogP contribution in [-0.2, 0) is 32.7 Å². The van der Waals surface area contributed by atoms with Crippen LogP contribution in [0.3, 0.4) is 0 Å². The molecule has 0 aromatic heterocycles. The largest absolute Gasteiger partial charge is 0.314 e. The summed E-state index contributed by atoms with van der Waals surface area (Å²) < 4.78 is 0. The van der Waals surface area contributed by atoms with E-state index in [-0.39, 0.29) is 32.7 Å². The molecule has 0 bridgehead atoms. The predicted octanol–water partition coefficient (Wildman–Crippen LogP) is 2.54. The van der Waals surface area contributed by atoms with E-state index in [1.54, 1.807) is 5.92 Å². The van der Waals surface area contributed by atoms with Crippen molar-refractivity contribution in [2.24, 2.45) is 0 Å². The molecule has 0 atom stereocenters. The van der Waals surface area contributed by atoms with Gasteiger partial charge in [-0.3, -0.25) is 0 Å². The number of hydrogen-bond donors (Lipinski definition) is 0. The van der Waals surface area contributed by atoms with Gasteiger partial charge in [0.05, 0.1) is 0 Å². The molecule has 0 saturated heterocycles. The summed E-state index contributed by atoms with van der Waals surface area (Å²) in [5.41, 5.74) is 0. The van der Waals surface area contributed by atoms with Gasteiger partial charge in [-0.1, -0.05) is 19.8 Å². The van der Waals surface area contributed by atoms with Gasteiger partial charge in [-0.05, 0) is 0 Å². The molecule has 1 heteroatoms. The van der Waals surface area contributed by atoms with E-state index in [9.17, 15) is 0 Å². The third-order valence-electron chi connectivity index (χ3n) is 1.81. The molecule has 8 heavy (non-hydrogen) atoms. The van der Waals surface area contributed by atoms with E-state index in [2.05, 4.69) is 6.92 Å². The summed E-state index contributed by atoms with van der Waals surface area (Å²) in [6.45, 7) is 2.26. The molecule has 1 aliphatic rings. The standard InChI is InChI=1S/C7H13.Y/c1-2-7-5-3-4-6-7;/h2-6H2,1H3;/q-1;. The normalized spacial score (nSPS) is 20.6. The molecule has 1 fully saturated rings. The maximum atomic E-state index is 2.26. The van der Waals surface area contributed by atoms with Gasteiger partial charge in [0.2, 0.25) is 0 Å². The minimum atomic E-state index is 0. The van der Waals surface area contributed by atoms with Crippen LogP contribution in [0.5, 0.6) is 0 Å². The van der Waals surface area contributed by atoms with Gasteiger partial charge >= 0.3 is 0 Å². The number of hydrogen-bond acceptors (Lipinski definition) is 0. The molecule has 0 aromatic rings. The summed E-state index contributed by atoms with van der Waals surface area (Å²) in [6.07, 6.45) is 7.11. The molecule has 0 N–H and O–H groups in total.